The molecule has 0 spiro atoms. The van der Waals surface area contributed by atoms with Crippen molar-refractivity contribution in [3.8, 4) is 0 Å². The zero-order chi connectivity index (χ0) is 15.7. The molecule has 1 amide bonds. The van der Waals surface area contributed by atoms with Gasteiger partial charge in [0, 0.05) is 30.0 Å². The first-order valence-corrected chi connectivity index (χ1v) is 8.67. The molecular weight excluding hydrogens is 344 g/mol. The van der Waals surface area contributed by atoms with Crippen LogP contribution < -0.4 is 5.32 Å². The monoisotopic (exact) mass is 366 g/mol. The number of carbonyl (C=O) groups excluding carboxylic acids is 1. The molecule has 120 valence electrons. The van der Waals surface area contributed by atoms with E-state index in [1.54, 1.807) is 0 Å². The molecule has 1 heterocycles. The van der Waals surface area contributed by atoms with Gasteiger partial charge in [0.25, 0.3) is 0 Å². The Labute approximate surface area is 140 Å². The lowest BCUT2D eigenvalue weighted by atomic mass is 9.95. The maximum Gasteiger partial charge on any atom is 0.242 e. The number of ether oxygens (including phenoxy) is 1. The van der Waals surface area contributed by atoms with Crippen LogP contribution in [0.3, 0.4) is 0 Å². The lowest BCUT2D eigenvalue weighted by molar-refractivity contribution is -0.138. The van der Waals surface area contributed by atoms with Gasteiger partial charge in [-0.2, -0.15) is 0 Å². The second kappa shape index (κ2) is 6.30. The predicted molar refractivity (Wildman–Crippen MR) is 89.9 cm³/mol. The average Bonchev–Trinajstić information content (AvgIpc) is 3.28. The standard InChI is InChI=1S/C17H23BrN2O2/c1-12-15(19-9-10-22-12)16(21)20(2)11-17(7-8-17)13-3-5-14(18)6-4-13/h3-6,12,15,19H,7-11H2,1-2H3/t12-,15+/m1/s1. The van der Waals surface area contributed by atoms with Crippen molar-refractivity contribution >= 4 is 21.8 Å². The van der Waals surface area contributed by atoms with Crippen molar-refractivity contribution in [2.24, 2.45) is 0 Å². The number of morpholine rings is 1. The number of benzene rings is 1. The van der Waals surface area contributed by atoms with E-state index in [0.717, 1.165) is 30.4 Å². The van der Waals surface area contributed by atoms with Crippen LogP contribution in [0, 0.1) is 0 Å². The first kappa shape index (κ1) is 16.0. The molecular formula is C17H23BrN2O2. The van der Waals surface area contributed by atoms with Crippen LogP contribution in [0.2, 0.25) is 0 Å². The Morgan fingerprint density at radius 3 is 2.68 bits per heavy atom. The molecule has 1 aliphatic carbocycles. The van der Waals surface area contributed by atoms with Gasteiger partial charge in [-0.3, -0.25) is 4.79 Å². The van der Waals surface area contributed by atoms with Crippen molar-refractivity contribution in [1.82, 2.24) is 10.2 Å². The summed E-state index contributed by atoms with van der Waals surface area (Å²) in [6, 6.07) is 8.27. The van der Waals surface area contributed by atoms with E-state index in [4.69, 9.17) is 4.74 Å². The van der Waals surface area contributed by atoms with Gasteiger partial charge in [-0.05, 0) is 37.5 Å². The maximum atomic E-state index is 12.7. The van der Waals surface area contributed by atoms with E-state index in [2.05, 4.69) is 45.5 Å². The fourth-order valence-corrected chi connectivity index (χ4v) is 3.54. The normalized spacial score (nSPS) is 26.5. The van der Waals surface area contributed by atoms with E-state index in [0.29, 0.717) is 6.61 Å². The van der Waals surface area contributed by atoms with Crippen molar-refractivity contribution in [3.63, 3.8) is 0 Å². The molecule has 1 saturated carbocycles. The molecule has 22 heavy (non-hydrogen) atoms. The van der Waals surface area contributed by atoms with Crippen LogP contribution in [0.5, 0.6) is 0 Å². The molecule has 1 aromatic rings. The van der Waals surface area contributed by atoms with Crippen LogP contribution in [-0.2, 0) is 14.9 Å². The highest BCUT2D eigenvalue weighted by atomic mass is 79.9. The smallest absolute Gasteiger partial charge is 0.242 e. The summed E-state index contributed by atoms with van der Waals surface area (Å²) in [5.41, 5.74) is 1.47. The molecule has 0 bridgehead atoms. The molecule has 4 nitrogen and oxygen atoms in total. The second-order valence-electron chi connectivity index (χ2n) is 6.49. The lowest BCUT2D eigenvalue weighted by Crippen LogP contribution is -2.56. The number of nitrogens with zero attached hydrogens (tertiary/aromatic N) is 1. The van der Waals surface area contributed by atoms with Gasteiger partial charge in [0.1, 0.15) is 6.04 Å². The Kier molecular flexibility index (Phi) is 4.57. The largest absolute Gasteiger partial charge is 0.375 e. The Morgan fingerprint density at radius 2 is 2.09 bits per heavy atom. The summed E-state index contributed by atoms with van der Waals surface area (Å²) in [6.07, 6.45) is 2.24. The Hall–Kier alpha value is -0.910. The second-order valence-corrected chi connectivity index (χ2v) is 7.40. The van der Waals surface area contributed by atoms with Crippen molar-refractivity contribution in [2.45, 2.75) is 37.3 Å². The molecule has 1 saturated heterocycles. The van der Waals surface area contributed by atoms with E-state index in [9.17, 15) is 4.79 Å². The first-order valence-electron chi connectivity index (χ1n) is 7.88. The summed E-state index contributed by atoms with van der Waals surface area (Å²) >= 11 is 3.48. The fraction of sp³-hybridized carbons (Fsp3) is 0.588. The van der Waals surface area contributed by atoms with Gasteiger partial charge in [0.2, 0.25) is 5.91 Å². The van der Waals surface area contributed by atoms with Crippen LogP contribution in [-0.4, -0.2) is 49.7 Å². The van der Waals surface area contributed by atoms with Crippen molar-refractivity contribution in [2.75, 3.05) is 26.7 Å². The number of hydrogen-bond donors (Lipinski definition) is 1. The Morgan fingerprint density at radius 1 is 1.41 bits per heavy atom. The van der Waals surface area contributed by atoms with E-state index in [1.807, 2.05) is 18.9 Å². The van der Waals surface area contributed by atoms with Gasteiger partial charge >= 0.3 is 0 Å². The summed E-state index contributed by atoms with van der Waals surface area (Å²) < 4.78 is 6.68. The topological polar surface area (TPSA) is 41.6 Å². The average molecular weight is 367 g/mol. The molecule has 2 aliphatic rings. The van der Waals surface area contributed by atoms with Crippen LogP contribution >= 0.6 is 15.9 Å². The molecule has 1 aromatic carbocycles. The van der Waals surface area contributed by atoms with Crippen LogP contribution in [0.1, 0.15) is 25.3 Å². The van der Waals surface area contributed by atoms with E-state index in [-0.39, 0.29) is 23.5 Å². The quantitative estimate of drug-likeness (QED) is 0.888. The summed E-state index contributed by atoms with van der Waals surface area (Å²) in [6.45, 7) is 4.16. The summed E-state index contributed by atoms with van der Waals surface area (Å²) in [7, 11) is 1.91. The van der Waals surface area contributed by atoms with Crippen LogP contribution in [0.15, 0.2) is 28.7 Å². The number of carbonyl (C=O) groups is 1. The molecule has 3 rings (SSSR count). The maximum absolute atomic E-state index is 12.7. The molecule has 2 fully saturated rings. The van der Waals surface area contributed by atoms with E-state index in [1.165, 1.54) is 5.56 Å². The Bertz CT molecular complexity index is 542. The van der Waals surface area contributed by atoms with Gasteiger partial charge in [-0.1, -0.05) is 28.1 Å². The van der Waals surface area contributed by atoms with Crippen molar-refractivity contribution < 1.29 is 9.53 Å². The molecule has 2 atom stereocenters. The molecule has 1 aliphatic heterocycles. The summed E-state index contributed by atoms with van der Waals surface area (Å²) in [4.78, 5) is 14.5. The molecule has 5 heteroatoms. The molecule has 0 unspecified atom stereocenters. The minimum atomic E-state index is -0.223. The highest BCUT2D eigenvalue weighted by Crippen LogP contribution is 2.48. The minimum Gasteiger partial charge on any atom is -0.375 e. The van der Waals surface area contributed by atoms with Gasteiger partial charge in [0.15, 0.2) is 0 Å². The zero-order valence-electron chi connectivity index (χ0n) is 13.1. The lowest BCUT2D eigenvalue weighted by Gasteiger charge is -2.33. The highest BCUT2D eigenvalue weighted by Gasteiger charge is 2.46. The van der Waals surface area contributed by atoms with E-state index < -0.39 is 0 Å². The summed E-state index contributed by atoms with van der Waals surface area (Å²) in [5.74, 6) is 0.135. The minimum absolute atomic E-state index is 0.0634. The highest BCUT2D eigenvalue weighted by molar-refractivity contribution is 9.10. The zero-order valence-corrected chi connectivity index (χ0v) is 14.7. The third-order valence-electron chi connectivity index (χ3n) is 4.81. The number of halogens is 1. The molecule has 1 N–H and O–H groups in total. The number of likely N-dealkylation sites (N-methyl/N-ethyl adjacent to an activating group) is 1. The van der Waals surface area contributed by atoms with Crippen LogP contribution in [0.4, 0.5) is 0 Å². The first-order chi connectivity index (χ1) is 10.5. The van der Waals surface area contributed by atoms with Crippen molar-refractivity contribution in [1.29, 1.82) is 0 Å². The number of hydrogen-bond acceptors (Lipinski definition) is 3. The van der Waals surface area contributed by atoms with Crippen LogP contribution in [0.25, 0.3) is 0 Å². The van der Waals surface area contributed by atoms with E-state index >= 15 is 0 Å². The van der Waals surface area contributed by atoms with Gasteiger partial charge < -0.3 is 15.0 Å². The third-order valence-corrected chi connectivity index (χ3v) is 5.34. The predicted octanol–water partition coefficient (Wildman–Crippen LogP) is 2.32. The summed E-state index contributed by atoms with van der Waals surface area (Å²) in [5, 5.41) is 3.28. The fourth-order valence-electron chi connectivity index (χ4n) is 3.27. The SMILES string of the molecule is C[C@H]1OCCN[C@@H]1C(=O)N(C)CC1(c2ccc(Br)cc2)CC1. The van der Waals surface area contributed by atoms with Gasteiger partial charge in [0.05, 0.1) is 12.7 Å². The number of amides is 1. The van der Waals surface area contributed by atoms with Gasteiger partial charge in [-0.25, -0.2) is 0 Å². The molecule has 0 aromatic heterocycles. The Balaban J connectivity index is 1.67. The number of rotatable bonds is 4. The third kappa shape index (κ3) is 3.21. The van der Waals surface area contributed by atoms with Gasteiger partial charge in [-0.15, -0.1) is 0 Å². The molecule has 0 radical (unpaired) electrons. The number of nitrogens with one attached hydrogen (secondary N) is 1. The van der Waals surface area contributed by atoms with Crippen molar-refractivity contribution in [3.05, 3.63) is 34.3 Å².